The number of piperidine rings is 1. The van der Waals surface area contributed by atoms with Gasteiger partial charge in [-0.15, -0.1) is 0 Å². The van der Waals surface area contributed by atoms with Crippen LogP contribution in [0.4, 0.5) is 0 Å². The van der Waals surface area contributed by atoms with Crippen LogP contribution in [-0.2, 0) is 10.0 Å². The molecule has 1 amide bonds. The minimum absolute atomic E-state index is 0.132. The Kier molecular flexibility index (Phi) is 6.80. The first-order valence-electron chi connectivity index (χ1n) is 8.47. The largest absolute Gasteiger partial charge is 0.496 e. The number of methoxy groups -OCH3 is 1. The molecule has 2 rings (SSSR count). The highest BCUT2D eigenvalue weighted by Crippen LogP contribution is 2.26. The lowest BCUT2D eigenvalue weighted by Gasteiger charge is -2.26. The van der Waals surface area contributed by atoms with Gasteiger partial charge in [-0.2, -0.15) is 4.31 Å². The minimum atomic E-state index is -3.59. The molecule has 0 radical (unpaired) electrons. The topological polar surface area (TPSA) is 79.0 Å². The summed E-state index contributed by atoms with van der Waals surface area (Å²) in [4.78, 5) is 14.5. The molecule has 0 atom stereocenters. The summed E-state index contributed by atoms with van der Waals surface area (Å²) >= 11 is 0. The van der Waals surface area contributed by atoms with E-state index in [-0.39, 0.29) is 16.4 Å². The molecule has 0 aromatic heterocycles. The minimum Gasteiger partial charge on any atom is -0.496 e. The molecule has 25 heavy (non-hydrogen) atoms. The molecule has 1 N–H and O–H groups in total. The van der Waals surface area contributed by atoms with Crippen LogP contribution in [0.3, 0.4) is 0 Å². The number of hydrogen-bond acceptors (Lipinski definition) is 5. The lowest BCUT2D eigenvalue weighted by Crippen LogP contribution is -2.36. The van der Waals surface area contributed by atoms with Gasteiger partial charge in [-0.05, 0) is 45.1 Å². The predicted molar refractivity (Wildman–Crippen MR) is 96.5 cm³/mol. The number of rotatable bonds is 7. The molecule has 0 saturated carbocycles. The van der Waals surface area contributed by atoms with Crippen molar-refractivity contribution >= 4 is 15.9 Å². The molecule has 8 heteroatoms. The van der Waals surface area contributed by atoms with Crippen molar-refractivity contribution in [3.8, 4) is 5.75 Å². The third-order valence-corrected chi connectivity index (χ3v) is 6.11. The maximum atomic E-state index is 12.8. The number of benzene rings is 1. The molecule has 1 aliphatic heterocycles. The zero-order valence-corrected chi connectivity index (χ0v) is 15.9. The van der Waals surface area contributed by atoms with E-state index in [0.717, 1.165) is 19.3 Å². The van der Waals surface area contributed by atoms with E-state index < -0.39 is 10.0 Å². The maximum Gasteiger partial charge on any atom is 0.255 e. The van der Waals surface area contributed by atoms with Crippen LogP contribution in [0.25, 0.3) is 0 Å². The number of nitrogens with zero attached hydrogens (tertiary/aromatic N) is 2. The summed E-state index contributed by atoms with van der Waals surface area (Å²) in [5.74, 6) is 0.0225. The van der Waals surface area contributed by atoms with Crippen LogP contribution in [0.15, 0.2) is 23.1 Å². The molecule has 7 nitrogen and oxygen atoms in total. The highest BCUT2D eigenvalue weighted by molar-refractivity contribution is 7.89. The van der Waals surface area contributed by atoms with Crippen LogP contribution in [-0.4, -0.2) is 70.9 Å². The van der Waals surface area contributed by atoms with Gasteiger partial charge in [0, 0.05) is 26.2 Å². The number of sulfonamides is 1. The summed E-state index contributed by atoms with van der Waals surface area (Å²) in [6.45, 7) is 2.22. The fourth-order valence-electron chi connectivity index (χ4n) is 2.77. The van der Waals surface area contributed by atoms with Crippen molar-refractivity contribution in [2.24, 2.45) is 0 Å². The zero-order valence-electron chi connectivity index (χ0n) is 15.1. The van der Waals surface area contributed by atoms with Crippen LogP contribution < -0.4 is 10.1 Å². The van der Waals surface area contributed by atoms with Crippen molar-refractivity contribution in [1.82, 2.24) is 14.5 Å². The number of ether oxygens (including phenoxy) is 1. The van der Waals surface area contributed by atoms with Gasteiger partial charge in [0.05, 0.1) is 17.6 Å². The van der Waals surface area contributed by atoms with E-state index >= 15 is 0 Å². The van der Waals surface area contributed by atoms with Gasteiger partial charge >= 0.3 is 0 Å². The van der Waals surface area contributed by atoms with Crippen LogP contribution in [0.5, 0.6) is 5.75 Å². The van der Waals surface area contributed by atoms with Gasteiger partial charge in [0.2, 0.25) is 10.0 Å². The van der Waals surface area contributed by atoms with E-state index in [1.54, 1.807) is 0 Å². The quantitative estimate of drug-likeness (QED) is 0.780. The van der Waals surface area contributed by atoms with Crippen molar-refractivity contribution in [3.63, 3.8) is 0 Å². The van der Waals surface area contributed by atoms with Gasteiger partial charge in [0.25, 0.3) is 5.91 Å². The molecule has 1 heterocycles. The lowest BCUT2D eigenvalue weighted by atomic mass is 10.2. The first kappa shape index (κ1) is 19.7. The zero-order chi connectivity index (χ0) is 18.4. The first-order chi connectivity index (χ1) is 11.9. The number of nitrogens with one attached hydrogen (secondary N) is 1. The summed E-state index contributed by atoms with van der Waals surface area (Å²) in [5, 5.41) is 2.79. The van der Waals surface area contributed by atoms with Crippen LogP contribution in [0.2, 0.25) is 0 Å². The highest BCUT2D eigenvalue weighted by atomic mass is 32.2. The number of likely N-dealkylation sites (N-methyl/N-ethyl adjacent to an activating group) is 1. The van der Waals surface area contributed by atoms with Crippen molar-refractivity contribution in [2.45, 2.75) is 24.2 Å². The van der Waals surface area contributed by atoms with Crippen molar-refractivity contribution in [3.05, 3.63) is 23.8 Å². The molecular weight excluding hydrogens is 342 g/mol. The number of hydrogen-bond donors (Lipinski definition) is 1. The van der Waals surface area contributed by atoms with Crippen molar-refractivity contribution in [2.75, 3.05) is 47.4 Å². The second-order valence-corrected chi connectivity index (χ2v) is 8.32. The summed E-state index contributed by atoms with van der Waals surface area (Å²) in [5.41, 5.74) is 0.236. The molecule has 1 aromatic carbocycles. The van der Waals surface area contributed by atoms with E-state index in [1.165, 1.54) is 29.6 Å². The molecule has 0 unspecified atom stereocenters. The smallest absolute Gasteiger partial charge is 0.255 e. The normalized spacial score (nSPS) is 16.0. The van der Waals surface area contributed by atoms with E-state index in [0.29, 0.717) is 31.9 Å². The van der Waals surface area contributed by atoms with Gasteiger partial charge in [-0.25, -0.2) is 8.42 Å². The average molecular weight is 369 g/mol. The number of carbonyl (C=O) groups excluding carboxylic acids is 1. The average Bonchev–Trinajstić information content (AvgIpc) is 2.61. The Bertz CT molecular complexity index is 698. The van der Waals surface area contributed by atoms with Crippen molar-refractivity contribution < 1.29 is 17.9 Å². The Balaban J connectivity index is 2.25. The second-order valence-electron chi connectivity index (χ2n) is 6.39. The van der Waals surface area contributed by atoms with E-state index in [4.69, 9.17) is 4.74 Å². The van der Waals surface area contributed by atoms with Crippen LogP contribution in [0.1, 0.15) is 29.6 Å². The predicted octanol–water partition coefficient (Wildman–Crippen LogP) is 1.16. The third-order valence-electron chi connectivity index (χ3n) is 4.21. The Labute approximate surface area is 150 Å². The van der Waals surface area contributed by atoms with E-state index in [9.17, 15) is 13.2 Å². The van der Waals surface area contributed by atoms with Crippen LogP contribution in [0, 0.1) is 0 Å². The lowest BCUT2D eigenvalue weighted by molar-refractivity contribution is 0.0948. The fourth-order valence-corrected chi connectivity index (χ4v) is 4.31. The van der Waals surface area contributed by atoms with Gasteiger partial charge in [-0.1, -0.05) is 6.42 Å². The molecule has 0 aliphatic carbocycles. The van der Waals surface area contributed by atoms with Crippen LogP contribution >= 0.6 is 0 Å². The molecule has 1 aromatic rings. The highest BCUT2D eigenvalue weighted by Gasteiger charge is 2.27. The number of amides is 1. The monoisotopic (exact) mass is 369 g/mol. The van der Waals surface area contributed by atoms with Gasteiger partial charge in [-0.3, -0.25) is 4.79 Å². The second kappa shape index (κ2) is 8.64. The summed E-state index contributed by atoms with van der Waals surface area (Å²) in [7, 11) is 1.71. The van der Waals surface area contributed by atoms with Gasteiger partial charge < -0.3 is 15.0 Å². The summed E-state index contributed by atoms with van der Waals surface area (Å²) < 4.78 is 32.3. The SMILES string of the molecule is COc1ccc(S(=O)(=O)N2CCCCC2)cc1C(=O)NCCN(C)C. The third kappa shape index (κ3) is 4.93. The summed E-state index contributed by atoms with van der Waals surface area (Å²) in [6, 6.07) is 4.45. The fraction of sp³-hybridized carbons (Fsp3) is 0.588. The molecule has 140 valence electrons. The number of carbonyl (C=O) groups is 1. The standard InChI is InChI=1S/C17H27N3O4S/c1-19(2)12-9-18-17(21)15-13-14(7-8-16(15)24-3)25(22,23)20-10-5-4-6-11-20/h7-8,13H,4-6,9-12H2,1-3H3,(H,18,21). The summed E-state index contributed by atoms with van der Waals surface area (Å²) in [6.07, 6.45) is 2.79. The molecule has 1 aliphatic rings. The molecule has 1 fully saturated rings. The van der Waals surface area contributed by atoms with Gasteiger partial charge in [0.15, 0.2) is 0 Å². The van der Waals surface area contributed by atoms with E-state index in [1.807, 2.05) is 19.0 Å². The molecule has 0 bridgehead atoms. The van der Waals surface area contributed by atoms with Crippen molar-refractivity contribution in [1.29, 1.82) is 0 Å². The Hall–Kier alpha value is -1.64. The van der Waals surface area contributed by atoms with E-state index in [2.05, 4.69) is 5.32 Å². The molecule has 1 saturated heterocycles. The van der Waals surface area contributed by atoms with Gasteiger partial charge in [0.1, 0.15) is 5.75 Å². The first-order valence-corrected chi connectivity index (χ1v) is 9.91. The Morgan fingerprint density at radius 2 is 1.92 bits per heavy atom. The molecular formula is C17H27N3O4S. The Morgan fingerprint density at radius 1 is 1.24 bits per heavy atom. The maximum absolute atomic E-state index is 12.8. The Morgan fingerprint density at radius 3 is 2.52 bits per heavy atom. The molecule has 0 spiro atoms.